The number of nitrogens with one attached hydrogen (secondary N) is 1. The molecule has 0 spiro atoms. The lowest BCUT2D eigenvalue weighted by Gasteiger charge is -2.10. The molecule has 0 saturated carbocycles. The molecule has 2 rings (SSSR count). The summed E-state index contributed by atoms with van der Waals surface area (Å²) in [5.74, 6) is -0.324. The average Bonchev–Trinajstić information content (AvgIpc) is 2.42. The van der Waals surface area contributed by atoms with Gasteiger partial charge >= 0.3 is 0 Å². The van der Waals surface area contributed by atoms with Gasteiger partial charge in [0.2, 0.25) is 0 Å². The minimum atomic E-state index is -0.561. The largest absolute Gasteiger partial charge is 0.322 e. The molecule has 7 heteroatoms. The van der Waals surface area contributed by atoms with Crippen molar-refractivity contribution in [3.8, 4) is 0 Å². The highest BCUT2D eigenvalue weighted by Crippen LogP contribution is 2.31. The van der Waals surface area contributed by atoms with E-state index in [9.17, 15) is 14.9 Å². The Morgan fingerprint density at radius 2 is 2.00 bits per heavy atom. The maximum absolute atomic E-state index is 12.2. The van der Waals surface area contributed by atoms with E-state index in [1.165, 1.54) is 12.1 Å². The summed E-state index contributed by atoms with van der Waals surface area (Å²) in [4.78, 5) is 22.4. The first-order chi connectivity index (χ1) is 9.90. The van der Waals surface area contributed by atoms with Crippen molar-refractivity contribution in [3.63, 3.8) is 0 Å². The van der Waals surface area contributed by atoms with Crippen LogP contribution in [0.15, 0.2) is 40.9 Å². The van der Waals surface area contributed by atoms with E-state index in [0.29, 0.717) is 21.3 Å². The first-order valence-corrected chi connectivity index (χ1v) is 7.07. The molecule has 0 saturated heterocycles. The molecule has 0 fully saturated rings. The molecular weight excluding hydrogens is 360 g/mol. The second-order valence-corrected chi connectivity index (χ2v) is 5.57. The molecule has 0 aliphatic carbocycles. The molecule has 0 unspecified atom stereocenters. The predicted molar refractivity (Wildman–Crippen MR) is 84.9 cm³/mol. The molecule has 108 valence electrons. The van der Waals surface area contributed by atoms with E-state index in [0.717, 1.165) is 0 Å². The topological polar surface area (TPSA) is 72.2 Å². The van der Waals surface area contributed by atoms with Crippen LogP contribution in [-0.4, -0.2) is 10.8 Å². The second kappa shape index (κ2) is 6.24. The Morgan fingerprint density at radius 1 is 1.33 bits per heavy atom. The van der Waals surface area contributed by atoms with E-state index < -0.39 is 4.92 Å². The highest BCUT2D eigenvalue weighted by molar-refractivity contribution is 9.10. The number of benzene rings is 2. The van der Waals surface area contributed by atoms with Crippen molar-refractivity contribution >= 4 is 44.8 Å². The van der Waals surface area contributed by atoms with Gasteiger partial charge in [-0.3, -0.25) is 14.9 Å². The van der Waals surface area contributed by atoms with Gasteiger partial charge in [0, 0.05) is 16.2 Å². The number of anilines is 1. The number of halogens is 2. The molecule has 1 N–H and O–H groups in total. The van der Waals surface area contributed by atoms with Crippen molar-refractivity contribution in [2.24, 2.45) is 0 Å². The summed E-state index contributed by atoms with van der Waals surface area (Å²) in [5.41, 5.74) is 1.28. The summed E-state index contributed by atoms with van der Waals surface area (Å²) in [6.07, 6.45) is 0. The van der Waals surface area contributed by atoms with E-state index in [1.807, 2.05) is 0 Å². The van der Waals surface area contributed by atoms with Crippen LogP contribution in [0.5, 0.6) is 0 Å². The number of amides is 1. The van der Waals surface area contributed by atoms with Crippen molar-refractivity contribution in [2.75, 3.05) is 5.32 Å². The lowest BCUT2D eigenvalue weighted by molar-refractivity contribution is -0.384. The predicted octanol–water partition coefficient (Wildman–Crippen LogP) is 4.57. The van der Waals surface area contributed by atoms with Gasteiger partial charge in [-0.2, -0.15) is 0 Å². The third-order valence-electron chi connectivity index (χ3n) is 2.86. The number of carbonyl (C=O) groups excluding carboxylic acids is 1. The summed E-state index contributed by atoms with van der Waals surface area (Å²) in [6.45, 7) is 1.67. The molecule has 2 aromatic rings. The molecule has 0 bridgehead atoms. The number of rotatable bonds is 3. The molecule has 0 radical (unpaired) electrons. The van der Waals surface area contributed by atoms with Crippen molar-refractivity contribution in [1.82, 2.24) is 0 Å². The third kappa shape index (κ3) is 3.40. The van der Waals surface area contributed by atoms with Crippen molar-refractivity contribution < 1.29 is 9.72 Å². The second-order valence-electron chi connectivity index (χ2n) is 4.31. The number of nitro benzene ring substituents is 1. The molecule has 0 atom stereocenters. The molecule has 21 heavy (non-hydrogen) atoms. The quantitative estimate of drug-likeness (QED) is 0.636. The first-order valence-electron chi connectivity index (χ1n) is 5.90. The summed E-state index contributed by atoms with van der Waals surface area (Å²) >= 11 is 9.15. The van der Waals surface area contributed by atoms with E-state index in [1.54, 1.807) is 31.2 Å². The van der Waals surface area contributed by atoms with Gasteiger partial charge < -0.3 is 5.32 Å². The Morgan fingerprint density at radius 3 is 2.62 bits per heavy atom. The minimum absolute atomic E-state index is 0.0203. The van der Waals surface area contributed by atoms with Crippen LogP contribution in [0.2, 0.25) is 5.02 Å². The minimum Gasteiger partial charge on any atom is -0.322 e. The van der Waals surface area contributed by atoms with E-state index in [2.05, 4.69) is 21.2 Å². The normalized spacial score (nSPS) is 10.2. The van der Waals surface area contributed by atoms with E-state index >= 15 is 0 Å². The Bertz CT molecular complexity index is 734. The van der Waals surface area contributed by atoms with Crippen molar-refractivity contribution in [3.05, 3.63) is 67.1 Å². The lowest BCUT2D eigenvalue weighted by atomic mass is 10.1. The van der Waals surface area contributed by atoms with Gasteiger partial charge in [0.1, 0.15) is 5.02 Å². The Labute approximate surface area is 134 Å². The van der Waals surface area contributed by atoms with Gasteiger partial charge in [-0.1, -0.05) is 23.7 Å². The number of hydrogen-bond acceptors (Lipinski definition) is 3. The molecule has 0 aliphatic rings. The fourth-order valence-electron chi connectivity index (χ4n) is 1.78. The number of carbonyl (C=O) groups is 1. The van der Waals surface area contributed by atoms with Crippen LogP contribution >= 0.6 is 27.5 Å². The van der Waals surface area contributed by atoms with Crippen LogP contribution in [0.4, 0.5) is 11.4 Å². The third-order valence-corrected chi connectivity index (χ3v) is 3.85. The van der Waals surface area contributed by atoms with Crippen LogP contribution in [0.25, 0.3) is 0 Å². The van der Waals surface area contributed by atoms with E-state index in [4.69, 9.17) is 11.6 Å². The fraction of sp³-hybridized carbons (Fsp3) is 0.0714. The first kappa shape index (κ1) is 15.5. The van der Waals surface area contributed by atoms with Gasteiger partial charge in [-0.15, -0.1) is 0 Å². The summed E-state index contributed by atoms with van der Waals surface area (Å²) in [6, 6.07) is 9.68. The number of hydrogen-bond donors (Lipinski definition) is 1. The van der Waals surface area contributed by atoms with Gasteiger partial charge in [-0.05, 0) is 46.6 Å². The standard InChI is InChI=1S/C14H10BrClN2O3/c1-8-6-13(18(20)21)11(16)7-12(8)17-14(19)9-4-2-3-5-10(9)15/h2-7H,1H3,(H,17,19). The summed E-state index contributed by atoms with van der Waals surface area (Å²) in [5, 5.41) is 13.5. The maximum atomic E-state index is 12.2. The lowest BCUT2D eigenvalue weighted by Crippen LogP contribution is -2.13. The highest BCUT2D eigenvalue weighted by atomic mass is 79.9. The number of aryl methyl sites for hydroxylation is 1. The smallest absolute Gasteiger partial charge is 0.288 e. The number of nitro groups is 1. The zero-order valence-corrected chi connectivity index (χ0v) is 13.2. The van der Waals surface area contributed by atoms with Crippen LogP contribution in [0, 0.1) is 17.0 Å². The van der Waals surface area contributed by atoms with Crippen LogP contribution in [0.3, 0.4) is 0 Å². The molecule has 2 aromatic carbocycles. The number of nitrogens with zero attached hydrogens (tertiary/aromatic N) is 1. The van der Waals surface area contributed by atoms with Gasteiger partial charge in [0.05, 0.1) is 10.5 Å². The molecule has 1 amide bonds. The monoisotopic (exact) mass is 368 g/mol. The van der Waals surface area contributed by atoms with Gasteiger partial charge in [0.25, 0.3) is 11.6 Å². The summed E-state index contributed by atoms with van der Waals surface area (Å²) < 4.78 is 0.660. The zero-order valence-electron chi connectivity index (χ0n) is 10.9. The Hall–Kier alpha value is -1.92. The Kier molecular flexibility index (Phi) is 4.59. The highest BCUT2D eigenvalue weighted by Gasteiger charge is 2.17. The molecular formula is C14H10BrClN2O3. The van der Waals surface area contributed by atoms with Gasteiger partial charge in [0.15, 0.2) is 0 Å². The molecule has 0 aliphatic heterocycles. The molecule has 0 aromatic heterocycles. The van der Waals surface area contributed by atoms with Gasteiger partial charge in [-0.25, -0.2) is 0 Å². The molecule has 0 heterocycles. The van der Waals surface area contributed by atoms with Crippen LogP contribution < -0.4 is 5.32 Å². The summed E-state index contributed by atoms with van der Waals surface area (Å²) in [7, 11) is 0. The van der Waals surface area contributed by atoms with E-state index in [-0.39, 0.29) is 16.6 Å². The van der Waals surface area contributed by atoms with Crippen molar-refractivity contribution in [2.45, 2.75) is 6.92 Å². The zero-order chi connectivity index (χ0) is 15.6. The average molecular weight is 370 g/mol. The van der Waals surface area contributed by atoms with Crippen molar-refractivity contribution in [1.29, 1.82) is 0 Å². The molecule has 5 nitrogen and oxygen atoms in total. The van der Waals surface area contributed by atoms with Crippen LogP contribution in [-0.2, 0) is 0 Å². The maximum Gasteiger partial charge on any atom is 0.288 e. The van der Waals surface area contributed by atoms with Crippen LogP contribution in [0.1, 0.15) is 15.9 Å². The fourth-order valence-corrected chi connectivity index (χ4v) is 2.47. The SMILES string of the molecule is Cc1cc([N+](=O)[O-])c(Cl)cc1NC(=O)c1ccccc1Br. The Balaban J connectivity index is 2.32.